The molecule has 0 aliphatic heterocycles. The van der Waals surface area contributed by atoms with Crippen LogP contribution in [0.2, 0.25) is 0 Å². The molecule has 94 valence electrons. The third-order valence-electron chi connectivity index (χ3n) is 2.59. The van der Waals surface area contributed by atoms with Crippen molar-refractivity contribution in [3.63, 3.8) is 0 Å². The maximum atomic E-state index is 5.71. The summed E-state index contributed by atoms with van der Waals surface area (Å²) in [6, 6.07) is 10.1. The number of nitrogens with zero attached hydrogens (tertiary/aromatic N) is 1. The highest BCUT2D eigenvalue weighted by Crippen LogP contribution is 2.24. The third-order valence-corrected chi connectivity index (χ3v) is 3.63. The van der Waals surface area contributed by atoms with Gasteiger partial charge in [-0.15, -0.1) is 0 Å². The van der Waals surface area contributed by atoms with E-state index in [1.165, 1.54) is 5.56 Å². The lowest BCUT2D eigenvalue weighted by Crippen LogP contribution is -2.07. The summed E-state index contributed by atoms with van der Waals surface area (Å²) in [4.78, 5) is 4.31. The molecule has 0 radical (unpaired) electrons. The molecule has 0 bridgehead atoms. The molecular formula is C13H13Br2N3. The van der Waals surface area contributed by atoms with Crippen LogP contribution >= 0.6 is 31.9 Å². The van der Waals surface area contributed by atoms with Crippen LogP contribution < -0.4 is 11.1 Å². The summed E-state index contributed by atoms with van der Waals surface area (Å²) in [7, 11) is 0. The van der Waals surface area contributed by atoms with Crippen LogP contribution in [0.15, 0.2) is 45.5 Å². The first kappa shape index (κ1) is 13.5. The van der Waals surface area contributed by atoms with Gasteiger partial charge in [0.1, 0.15) is 5.82 Å². The van der Waals surface area contributed by atoms with Gasteiger partial charge in [-0.25, -0.2) is 4.98 Å². The monoisotopic (exact) mass is 369 g/mol. The fourth-order valence-corrected chi connectivity index (χ4v) is 2.78. The van der Waals surface area contributed by atoms with Gasteiger partial charge in [-0.05, 0) is 49.1 Å². The molecule has 0 aliphatic rings. The van der Waals surface area contributed by atoms with Crippen molar-refractivity contribution in [1.82, 2.24) is 4.98 Å². The molecule has 0 saturated heterocycles. The summed E-state index contributed by atoms with van der Waals surface area (Å²) in [5.41, 5.74) is 8.05. The van der Waals surface area contributed by atoms with Crippen LogP contribution in [-0.4, -0.2) is 4.98 Å². The topological polar surface area (TPSA) is 50.9 Å². The average Bonchev–Trinajstić information content (AvgIpc) is 2.38. The van der Waals surface area contributed by atoms with Crippen LogP contribution in [0.4, 0.5) is 5.82 Å². The summed E-state index contributed by atoms with van der Waals surface area (Å²) in [6.45, 7) is 1.26. The number of halogens is 2. The van der Waals surface area contributed by atoms with Gasteiger partial charge < -0.3 is 11.1 Å². The molecule has 5 heteroatoms. The lowest BCUT2D eigenvalue weighted by Gasteiger charge is -2.10. The first-order valence-electron chi connectivity index (χ1n) is 5.52. The summed E-state index contributed by atoms with van der Waals surface area (Å²) in [5, 5.41) is 3.30. The highest BCUT2D eigenvalue weighted by Gasteiger charge is 2.04. The lowest BCUT2D eigenvalue weighted by molar-refractivity contribution is 1.00. The van der Waals surface area contributed by atoms with Crippen LogP contribution in [0.5, 0.6) is 0 Å². The van der Waals surface area contributed by atoms with E-state index in [1.807, 2.05) is 24.3 Å². The third kappa shape index (κ3) is 3.31. The molecule has 0 saturated carbocycles. The molecule has 3 nitrogen and oxygen atoms in total. The van der Waals surface area contributed by atoms with E-state index < -0.39 is 0 Å². The molecule has 3 N–H and O–H groups in total. The minimum Gasteiger partial charge on any atom is -0.365 e. The zero-order valence-corrected chi connectivity index (χ0v) is 12.8. The van der Waals surface area contributed by atoms with Gasteiger partial charge in [-0.2, -0.15) is 0 Å². The number of rotatable bonds is 4. The van der Waals surface area contributed by atoms with E-state index in [1.54, 1.807) is 6.20 Å². The predicted molar refractivity (Wildman–Crippen MR) is 81.3 cm³/mol. The van der Waals surface area contributed by atoms with Crippen LogP contribution in [0.3, 0.4) is 0 Å². The number of nitrogens with two attached hydrogens (primary N) is 1. The Morgan fingerprint density at radius 1 is 1.17 bits per heavy atom. The number of hydrogen-bond donors (Lipinski definition) is 2. The molecule has 1 heterocycles. The van der Waals surface area contributed by atoms with Crippen molar-refractivity contribution in [3.8, 4) is 0 Å². The van der Waals surface area contributed by atoms with Gasteiger partial charge in [0.25, 0.3) is 0 Å². The standard InChI is InChI=1S/C13H13Br2N3/c14-11-5-12(15)13(18-8-11)17-7-10-4-2-1-3-9(10)6-16/h1-5,8H,6-7,16H2,(H,17,18). The highest BCUT2D eigenvalue weighted by atomic mass is 79.9. The molecule has 2 rings (SSSR count). The second kappa shape index (κ2) is 6.31. The molecule has 0 spiro atoms. The van der Waals surface area contributed by atoms with Crippen LogP contribution in [0.25, 0.3) is 0 Å². The highest BCUT2D eigenvalue weighted by molar-refractivity contribution is 9.11. The fourth-order valence-electron chi connectivity index (χ4n) is 1.65. The molecule has 2 aromatic rings. The van der Waals surface area contributed by atoms with Gasteiger partial charge in [0.05, 0.1) is 4.47 Å². The maximum absolute atomic E-state index is 5.71. The second-order valence-electron chi connectivity index (χ2n) is 3.81. The predicted octanol–water partition coefficient (Wildman–Crippen LogP) is 3.68. The van der Waals surface area contributed by atoms with E-state index in [-0.39, 0.29) is 0 Å². The van der Waals surface area contributed by atoms with Crippen molar-refractivity contribution in [1.29, 1.82) is 0 Å². The van der Waals surface area contributed by atoms with Crippen LogP contribution in [0, 0.1) is 0 Å². The van der Waals surface area contributed by atoms with Crippen molar-refractivity contribution in [3.05, 3.63) is 56.6 Å². The summed E-state index contributed by atoms with van der Waals surface area (Å²) >= 11 is 6.85. The molecule has 1 aromatic heterocycles. The normalized spacial score (nSPS) is 10.4. The average molecular weight is 371 g/mol. The quantitative estimate of drug-likeness (QED) is 0.863. The SMILES string of the molecule is NCc1ccccc1CNc1ncc(Br)cc1Br. The zero-order valence-electron chi connectivity index (χ0n) is 9.66. The lowest BCUT2D eigenvalue weighted by atomic mass is 10.1. The molecule has 0 amide bonds. The molecule has 0 atom stereocenters. The fraction of sp³-hybridized carbons (Fsp3) is 0.154. The summed E-state index contributed by atoms with van der Waals surface area (Å²) in [5.74, 6) is 0.824. The Labute approximate surface area is 123 Å². The Bertz CT molecular complexity index is 544. The van der Waals surface area contributed by atoms with Crippen molar-refractivity contribution in [2.75, 3.05) is 5.32 Å². The van der Waals surface area contributed by atoms with E-state index in [9.17, 15) is 0 Å². The molecule has 0 fully saturated rings. The maximum Gasteiger partial charge on any atom is 0.140 e. The van der Waals surface area contributed by atoms with E-state index >= 15 is 0 Å². The smallest absolute Gasteiger partial charge is 0.140 e. The van der Waals surface area contributed by atoms with E-state index in [0.29, 0.717) is 13.1 Å². The van der Waals surface area contributed by atoms with Crippen molar-refractivity contribution in [2.24, 2.45) is 5.73 Å². The van der Waals surface area contributed by atoms with Gasteiger partial charge in [-0.3, -0.25) is 0 Å². The van der Waals surface area contributed by atoms with Gasteiger partial charge in [-0.1, -0.05) is 24.3 Å². The first-order chi connectivity index (χ1) is 8.70. The zero-order chi connectivity index (χ0) is 13.0. The number of anilines is 1. The minimum atomic E-state index is 0.548. The van der Waals surface area contributed by atoms with E-state index in [0.717, 1.165) is 20.3 Å². The van der Waals surface area contributed by atoms with Crippen molar-refractivity contribution in [2.45, 2.75) is 13.1 Å². The molecule has 1 aromatic carbocycles. The van der Waals surface area contributed by atoms with E-state index in [4.69, 9.17) is 5.73 Å². The summed E-state index contributed by atoms with van der Waals surface area (Å²) < 4.78 is 1.88. The number of pyridine rings is 1. The van der Waals surface area contributed by atoms with Crippen molar-refractivity contribution < 1.29 is 0 Å². The first-order valence-corrected chi connectivity index (χ1v) is 7.11. The summed E-state index contributed by atoms with van der Waals surface area (Å²) in [6.07, 6.45) is 1.77. The minimum absolute atomic E-state index is 0.548. The van der Waals surface area contributed by atoms with Gasteiger partial charge in [0, 0.05) is 23.8 Å². The van der Waals surface area contributed by atoms with Crippen molar-refractivity contribution >= 4 is 37.7 Å². The van der Waals surface area contributed by atoms with Gasteiger partial charge in [0.15, 0.2) is 0 Å². The molecule has 0 aliphatic carbocycles. The number of benzene rings is 1. The molecular weight excluding hydrogens is 358 g/mol. The van der Waals surface area contributed by atoms with Crippen LogP contribution in [-0.2, 0) is 13.1 Å². The Morgan fingerprint density at radius 3 is 2.56 bits per heavy atom. The number of hydrogen-bond acceptors (Lipinski definition) is 3. The Morgan fingerprint density at radius 2 is 1.89 bits per heavy atom. The number of aromatic nitrogens is 1. The van der Waals surface area contributed by atoms with Gasteiger partial charge in [0.2, 0.25) is 0 Å². The number of nitrogens with one attached hydrogen (secondary N) is 1. The Balaban J connectivity index is 2.11. The van der Waals surface area contributed by atoms with E-state index in [2.05, 4.69) is 48.2 Å². The Kier molecular flexibility index (Phi) is 4.74. The van der Waals surface area contributed by atoms with Crippen LogP contribution in [0.1, 0.15) is 11.1 Å². The second-order valence-corrected chi connectivity index (χ2v) is 5.58. The molecule has 0 unspecified atom stereocenters. The Hall–Kier alpha value is -0.910. The molecule has 18 heavy (non-hydrogen) atoms. The largest absolute Gasteiger partial charge is 0.365 e. The van der Waals surface area contributed by atoms with Gasteiger partial charge >= 0.3 is 0 Å².